The Balaban J connectivity index is 0.902. The molecule has 2 aliphatic rings. The lowest BCUT2D eigenvalue weighted by atomic mass is 9.98. The number of hydrogen-bond donors (Lipinski definition) is 0. The molecule has 54 heavy (non-hydrogen) atoms. The minimum absolute atomic E-state index is 0.00726. The monoisotopic (exact) mass is 761 g/mol. The third-order valence-corrected chi connectivity index (χ3v) is 12.5. The summed E-state index contributed by atoms with van der Waals surface area (Å²) in [7, 11) is 0. The fraction of sp³-hybridized carbons (Fsp3) is 0.652. The number of aryl methyl sites for hydroxylation is 1. The second-order valence-electron chi connectivity index (χ2n) is 15.9. The summed E-state index contributed by atoms with van der Waals surface area (Å²) in [5.41, 5.74) is 4.20. The molecule has 0 unspecified atom stereocenters. The Morgan fingerprint density at radius 1 is 0.722 bits per heavy atom. The van der Waals surface area contributed by atoms with Crippen LogP contribution in [0.15, 0.2) is 41.8 Å². The maximum absolute atomic E-state index is 14.3. The van der Waals surface area contributed by atoms with Gasteiger partial charge in [0.1, 0.15) is 5.82 Å². The van der Waals surface area contributed by atoms with Crippen LogP contribution in [0.3, 0.4) is 0 Å². The molecule has 2 aromatic carbocycles. The van der Waals surface area contributed by atoms with E-state index in [0.29, 0.717) is 12.8 Å². The topological polar surface area (TPSA) is 53.1 Å². The number of thiophene rings is 1. The van der Waals surface area contributed by atoms with Gasteiger partial charge in [0, 0.05) is 61.3 Å². The molecule has 2 aliphatic heterocycles. The predicted octanol–water partition coefficient (Wildman–Crippen LogP) is 12.0. The molecule has 5 rings (SSSR count). The number of anilines is 2. The molecule has 1 saturated heterocycles. The molecule has 6 nitrogen and oxygen atoms in total. The van der Waals surface area contributed by atoms with Crippen molar-refractivity contribution in [2.24, 2.45) is 0 Å². The van der Waals surface area contributed by atoms with Crippen LogP contribution in [0.1, 0.15) is 153 Å². The molecule has 0 radical (unpaired) electrons. The number of carbonyl (C=O) groups excluding carboxylic acids is 2. The molecule has 0 aliphatic carbocycles. The lowest BCUT2D eigenvalue weighted by Gasteiger charge is -2.36. The summed E-state index contributed by atoms with van der Waals surface area (Å²) in [6.45, 7) is 6.78. The number of nitrogens with zero attached hydrogens (tertiary/aromatic N) is 3. The van der Waals surface area contributed by atoms with Gasteiger partial charge >= 0.3 is 5.97 Å². The van der Waals surface area contributed by atoms with E-state index in [0.717, 1.165) is 85.4 Å². The van der Waals surface area contributed by atoms with Crippen molar-refractivity contribution >= 4 is 44.7 Å². The number of benzene rings is 2. The molecule has 0 atom stereocenters. The summed E-state index contributed by atoms with van der Waals surface area (Å²) in [5.74, 6) is -0.368. The van der Waals surface area contributed by atoms with E-state index in [1.807, 2.05) is 5.38 Å². The van der Waals surface area contributed by atoms with E-state index >= 15 is 0 Å². The number of piperazine rings is 1. The van der Waals surface area contributed by atoms with Gasteiger partial charge < -0.3 is 9.64 Å². The number of carbonyl (C=O) groups is 2. The van der Waals surface area contributed by atoms with Crippen molar-refractivity contribution in [3.63, 3.8) is 0 Å². The minimum atomic E-state index is -0.213. The number of amides is 1. The second-order valence-corrected chi connectivity index (χ2v) is 16.8. The van der Waals surface area contributed by atoms with Crippen LogP contribution in [0.25, 0.3) is 10.1 Å². The zero-order chi connectivity index (χ0) is 37.8. The van der Waals surface area contributed by atoms with Crippen molar-refractivity contribution in [2.45, 2.75) is 155 Å². The Morgan fingerprint density at radius 3 is 1.96 bits per heavy atom. The van der Waals surface area contributed by atoms with E-state index in [2.05, 4.69) is 41.0 Å². The number of hydrogen-bond acceptors (Lipinski definition) is 6. The molecule has 0 saturated carbocycles. The summed E-state index contributed by atoms with van der Waals surface area (Å²) in [4.78, 5) is 32.0. The second kappa shape index (κ2) is 23.8. The number of halogens is 1. The molecule has 1 aromatic heterocycles. The van der Waals surface area contributed by atoms with E-state index in [4.69, 9.17) is 4.74 Å². The Kier molecular flexibility index (Phi) is 18.6. The molecule has 1 fully saturated rings. The Morgan fingerprint density at radius 2 is 1.33 bits per heavy atom. The first-order valence-corrected chi connectivity index (χ1v) is 22.6. The summed E-state index contributed by atoms with van der Waals surface area (Å²) >= 11 is 1.58. The molecular formula is C46H68FN3O3S. The fourth-order valence-corrected chi connectivity index (χ4v) is 9.05. The third kappa shape index (κ3) is 14.0. The zero-order valence-corrected chi connectivity index (χ0v) is 34.2. The third-order valence-electron chi connectivity index (χ3n) is 11.6. The maximum Gasteiger partial charge on any atom is 0.307 e. The highest BCUT2D eigenvalue weighted by atomic mass is 32.1. The van der Waals surface area contributed by atoms with Crippen LogP contribution in [0.2, 0.25) is 0 Å². The van der Waals surface area contributed by atoms with Gasteiger partial charge in [0.2, 0.25) is 5.91 Å². The maximum atomic E-state index is 14.3. The molecular weight excluding hydrogens is 694 g/mol. The van der Waals surface area contributed by atoms with Crippen LogP contribution in [-0.2, 0) is 27.2 Å². The SMILES string of the molecule is CCCCCCCCCCCCCCCCCCCCCC(=O)OCN1C(=O)CCc2ccc(CCN3CCN(c4cc(F)cc5sccc45)CC3)cc21. The van der Waals surface area contributed by atoms with Crippen LogP contribution < -0.4 is 9.80 Å². The van der Waals surface area contributed by atoms with Gasteiger partial charge in [-0.2, -0.15) is 0 Å². The van der Waals surface area contributed by atoms with Gasteiger partial charge in [-0.05, 0) is 60.0 Å². The standard InChI is InChI=1S/C46H68FN3O3S/c1-2-3-4-5-6-7-8-9-10-11-12-13-14-15-16-17-18-19-20-21-46(52)53-37-50-42-34-38(22-23-39(42)24-25-45(50)51)26-28-48-29-31-49(32-30-48)43-35-40(47)36-44-41(43)27-33-54-44/h22-23,27,33-36H,2-21,24-26,28-32,37H2,1H3. The molecule has 298 valence electrons. The summed E-state index contributed by atoms with van der Waals surface area (Å²) in [6, 6.07) is 11.8. The summed E-state index contributed by atoms with van der Waals surface area (Å²) in [5, 5.41) is 3.17. The molecule has 8 heteroatoms. The van der Waals surface area contributed by atoms with Gasteiger partial charge in [0.25, 0.3) is 0 Å². The highest BCUT2D eigenvalue weighted by Gasteiger charge is 2.26. The van der Waals surface area contributed by atoms with Crippen molar-refractivity contribution in [3.8, 4) is 0 Å². The Bertz CT molecular complexity index is 1550. The van der Waals surface area contributed by atoms with Gasteiger partial charge in [-0.3, -0.25) is 19.4 Å². The highest BCUT2D eigenvalue weighted by molar-refractivity contribution is 7.17. The number of unbranched alkanes of at least 4 members (excludes halogenated alkanes) is 18. The smallest absolute Gasteiger partial charge is 0.307 e. The van der Waals surface area contributed by atoms with Crippen molar-refractivity contribution < 1.29 is 18.7 Å². The lowest BCUT2D eigenvalue weighted by molar-refractivity contribution is -0.144. The molecule has 3 heterocycles. The van der Waals surface area contributed by atoms with E-state index in [9.17, 15) is 14.0 Å². The molecule has 1 amide bonds. The highest BCUT2D eigenvalue weighted by Crippen LogP contribution is 2.33. The van der Waals surface area contributed by atoms with E-state index in [1.54, 1.807) is 28.4 Å². The number of esters is 1. The average Bonchev–Trinajstić information content (AvgIpc) is 3.66. The first kappa shape index (κ1) is 42.2. The number of fused-ring (bicyclic) bond motifs is 2. The first-order valence-electron chi connectivity index (χ1n) is 21.7. The molecule has 0 bridgehead atoms. The van der Waals surface area contributed by atoms with Crippen LogP contribution in [0, 0.1) is 5.82 Å². The van der Waals surface area contributed by atoms with Crippen LogP contribution in [-0.4, -0.2) is 56.2 Å². The van der Waals surface area contributed by atoms with Crippen molar-refractivity contribution in [3.05, 3.63) is 58.7 Å². The van der Waals surface area contributed by atoms with Gasteiger partial charge in [0.05, 0.1) is 5.69 Å². The minimum Gasteiger partial charge on any atom is -0.444 e. The molecule has 0 spiro atoms. The zero-order valence-electron chi connectivity index (χ0n) is 33.4. The van der Waals surface area contributed by atoms with Crippen molar-refractivity contribution in [1.82, 2.24) is 4.90 Å². The quantitative estimate of drug-likeness (QED) is 0.0602. The largest absolute Gasteiger partial charge is 0.444 e. The molecule has 3 aromatic rings. The normalized spacial score (nSPS) is 15.0. The number of rotatable bonds is 26. The van der Waals surface area contributed by atoms with Gasteiger partial charge in [0.15, 0.2) is 6.73 Å². The Hall–Kier alpha value is -2.97. The fourth-order valence-electron chi connectivity index (χ4n) is 8.22. The number of ether oxygens (including phenoxy) is 1. The first-order chi connectivity index (χ1) is 26.5. The lowest BCUT2D eigenvalue weighted by Crippen LogP contribution is -2.47. The average molecular weight is 762 g/mol. The molecule has 0 N–H and O–H groups in total. The van der Waals surface area contributed by atoms with E-state index in [-0.39, 0.29) is 24.4 Å². The van der Waals surface area contributed by atoms with Crippen molar-refractivity contribution in [1.29, 1.82) is 0 Å². The van der Waals surface area contributed by atoms with E-state index < -0.39 is 0 Å². The van der Waals surface area contributed by atoms with Crippen LogP contribution in [0.4, 0.5) is 15.8 Å². The predicted molar refractivity (Wildman–Crippen MR) is 225 cm³/mol. The van der Waals surface area contributed by atoms with Gasteiger partial charge in [-0.25, -0.2) is 4.39 Å². The Labute approximate surface area is 329 Å². The summed E-state index contributed by atoms with van der Waals surface area (Å²) < 4.78 is 20.9. The summed E-state index contributed by atoms with van der Waals surface area (Å²) in [6.07, 6.45) is 27.7. The van der Waals surface area contributed by atoms with Gasteiger partial charge in [-0.15, -0.1) is 11.3 Å². The van der Waals surface area contributed by atoms with Crippen LogP contribution in [0.5, 0.6) is 0 Å². The van der Waals surface area contributed by atoms with Crippen LogP contribution >= 0.6 is 11.3 Å². The van der Waals surface area contributed by atoms with Crippen molar-refractivity contribution in [2.75, 3.05) is 49.3 Å². The van der Waals surface area contributed by atoms with Gasteiger partial charge in [-0.1, -0.05) is 135 Å². The van der Waals surface area contributed by atoms with E-state index in [1.165, 1.54) is 115 Å².